The Morgan fingerprint density at radius 3 is 2.28 bits per heavy atom. The van der Waals surface area contributed by atoms with Gasteiger partial charge >= 0.3 is 5.97 Å². The van der Waals surface area contributed by atoms with Gasteiger partial charge in [0.1, 0.15) is 0 Å². The van der Waals surface area contributed by atoms with E-state index in [2.05, 4.69) is 10.2 Å². The molecule has 0 spiro atoms. The maximum atomic E-state index is 10.7. The molecule has 2 aromatic rings. The molecule has 4 heteroatoms. The van der Waals surface area contributed by atoms with E-state index in [1.165, 1.54) is 12.1 Å². The normalized spacial score (nSPS) is 10.7. The van der Waals surface area contributed by atoms with Crippen molar-refractivity contribution in [2.75, 3.05) is 0 Å². The lowest BCUT2D eigenvalue weighted by Gasteiger charge is -1.96. The van der Waals surface area contributed by atoms with Gasteiger partial charge in [-0.3, -0.25) is 0 Å². The molecule has 0 saturated heterocycles. The summed E-state index contributed by atoms with van der Waals surface area (Å²) in [4.78, 5) is 10.7. The molecule has 0 bridgehead atoms. The van der Waals surface area contributed by atoms with Crippen molar-refractivity contribution < 1.29 is 9.90 Å². The van der Waals surface area contributed by atoms with Gasteiger partial charge in [0, 0.05) is 0 Å². The summed E-state index contributed by atoms with van der Waals surface area (Å²) in [6, 6.07) is 16.1. The number of hydrogen-bond acceptors (Lipinski definition) is 3. The quantitative estimate of drug-likeness (QED) is 0.829. The maximum Gasteiger partial charge on any atom is 0.335 e. The lowest BCUT2D eigenvalue weighted by atomic mass is 10.2. The number of aromatic carboxylic acids is 1. The maximum absolute atomic E-state index is 10.7. The van der Waals surface area contributed by atoms with Crippen LogP contribution in [0.4, 0.5) is 5.69 Å². The molecular formula is C14H12N2O2. The number of carboxylic acids is 1. The van der Waals surface area contributed by atoms with Gasteiger partial charge in [0.15, 0.2) is 0 Å². The molecule has 0 unspecified atom stereocenters. The highest BCUT2D eigenvalue weighted by Crippen LogP contribution is 2.14. The summed E-state index contributed by atoms with van der Waals surface area (Å²) in [5, 5.41) is 16.8. The Balaban J connectivity index is 1.99. The molecule has 0 amide bonds. The fourth-order valence-corrected chi connectivity index (χ4v) is 1.45. The Morgan fingerprint density at radius 1 is 1.00 bits per heavy atom. The predicted molar refractivity (Wildman–Crippen MR) is 68.1 cm³/mol. The average Bonchev–Trinajstić information content (AvgIpc) is 2.40. The second-order valence-electron chi connectivity index (χ2n) is 3.74. The smallest absolute Gasteiger partial charge is 0.335 e. The molecule has 1 N–H and O–H groups in total. The van der Waals surface area contributed by atoms with Crippen LogP contribution in [0.15, 0.2) is 64.8 Å². The number of nitrogens with zero attached hydrogens (tertiary/aromatic N) is 2. The SMILES string of the molecule is O=C(O)c1ccc(N=NCc2ccccc2)cc1. The van der Waals surface area contributed by atoms with Crippen LogP contribution >= 0.6 is 0 Å². The number of rotatable bonds is 4. The van der Waals surface area contributed by atoms with Crippen molar-refractivity contribution in [3.8, 4) is 0 Å². The van der Waals surface area contributed by atoms with Crippen LogP contribution in [0.2, 0.25) is 0 Å². The van der Waals surface area contributed by atoms with Gasteiger partial charge in [-0.05, 0) is 29.8 Å². The van der Waals surface area contributed by atoms with Crippen LogP contribution < -0.4 is 0 Å². The molecule has 0 atom stereocenters. The summed E-state index contributed by atoms with van der Waals surface area (Å²) in [5.41, 5.74) is 1.98. The van der Waals surface area contributed by atoms with Gasteiger partial charge in [0.2, 0.25) is 0 Å². The summed E-state index contributed by atoms with van der Waals surface area (Å²) < 4.78 is 0. The van der Waals surface area contributed by atoms with Crippen molar-refractivity contribution in [1.29, 1.82) is 0 Å². The number of hydrogen-bond donors (Lipinski definition) is 1. The van der Waals surface area contributed by atoms with Crippen LogP contribution in [-0.2, 0) is 6.54 Å². The third kappa shape index (κ3) is 3.25. The molecule has 18 heavy (non-hydrogen) atoms. The summed E-state index contributed by atoms with van der Waals surface area (Å²) in [6.45, 7) is 0.515. The van der Waals surface area contributed by atoms with Gasteiger partial charge in [0.25, 0.3) is 0 Å². The zero-order valence-electron chi connectivity index (χ0n) is 9.65. The molecular weight excluding hydrogens is 228 g/mol. The Kier molecular flexibility index (Phi) is 3.81. The molecule has 0 saturated carbocycles. The van der Waals surface area contributed by atoms with Gasteiger partial charge < -0.3 is 5.11 Å². The average molecular weight is 240 g/mol. The van der Waals surface area contributed by atoms with E-state index in [-0.39, 0.29) is 5.56 Å². The van der Waals surface area contributed by atoms with E-state index in [0.717, 1.165) is 5.56 Å². The first-order valence-corrected chi connectivity index (χ1v) is 5.50. The molecule has 0 aliphatic carbocycles. The third-order valence-corrected chi connectivity index (χ3v) is 2.40. The van der Waals surface area contributed by atoms with Gasteiger partial charge in [-0.2, -0.15) is 10.2 Å². The Morgan fingerprint density at radius 2 is 1.67 bits per heavy atom. The fourth-order valence-electron chi connectivity index (χ4n) is 1.45. The van der Waals surface area contributed by atoms with E-state index in [9.17, 15) is 4.79 Å². The minimum absolute atomic E-state index is 0.247. The van der Waals surface area contributed by atoms with Crippen molar-refractivity contribution in [2.45, 2.75) is 6.54 Å². The van der Waals surface area contributed by atoms with Crippen LogP contribution in [0.25, 0.3) is 0 Å². The van der Waals surface area contributed by atoms with E-state index in [4.69, 9.17) is 5.11 Å². The lowest BCUT2D eigenvalue weighted by Crippen LogP contribution is -1.93. The van der Waals surface area contributed by atoms with Crippen molar-refractivity contribution in [2.24, 2.45) is 10.2 Å². The summed E-state index contributed by atoms with van der Waals surface area (Å²) in [6.07, 6.45) is 0. The summed E-state index contributed by atoms with van der Waals surface area (Å²) in [5.74, 6) is -0.942. The second-order valence-corrected chi connectivity index (χ2v) is 3.74. The fraction of sp³-hybridized carbons (Fsp3) is 0.0714. The first-order chi connectivity index (χ1) is 8.75. The van der Waals surface area contributed by atoms with Crippen molar-refractivity contribution in [3.05, 3.63) is 65.7 Å². The third-order valence-electron chi connectivity index (χ3n) is 2.40. The molecule has 0 radical (unpaired) electrons. The molecule has 2 rings (SSSR count). The molecule has 0 aromatic heterocycles. The topological polar surface area (TPSA) is 62.0 Å². The van der Waals surface area contributed by atoms with E-state index in [0.29, 0.717) is 12.2 Å². The van der Waals surface area contributed by atoms with Crippen molar-refractivity contribution in [3.63, 3.8) is 0 Å². The molecule has 2 aromatic carbocycles. The molecule has 0 fully saturated rings. The molecule has 0 aliphatic heterocycles. The van der Waals surface area contributed by atoms with E-state index < -0.39 is 5.97 Å². The zero-order valence-corrected chi connectivity index (χ0v) is 9.65. The lowest BCUT2D eigenvalue weighted by molar-refractivity contribution is 0.0697. The van der Waals surface area contributed by atoms with Crippen LogP contribution in [0.1, 0.15) is 15.9 Å². The molecule has 90 valence electrons. The minimum Gasteiger partial charge on any atom is -0.478 e. The Hall–Kier alpha value is -2.49. The van der Waals surface area contributed by atoms with E-state index in [1.807, 2.05) is 30.3 Å². The van der Waals surface area contributed by atoms with Crippen LogP contribution in [0.3, 0.4) is 0 Å². The highest BCUT2D eigenvalue weighted by Gasteiger charge is 2.00. The zero-order chi connectivity index (χ0) is 12.8. The van der Waals surface area contributed by atoms with Crippen LogP contribution in [-0.4, -0.2) is 11.1 Å². The first-order valence-electron chi connectivity index (χ1n) is 5.50. The monoisotopic (exact) mass is 240 g/mol. The van der Waals surface area contributed by atoms with Gasteiger partial charge in [-0.15, -0.1) is 0 Å². The molecule has 0 aliphatic rings. The standard InChI is InChI=1S/C14H12N2O2/c17-14(18)12-6-8-13(9-7-12)16-15-10-11-4-2-1-3-5-11/h1-9H,10H2,(H,17,18). The highest BCUT2D eigenvalue weighted by molar-refractivity contribution is 5.87. The Bertz CT molecular complexity index is 548. The molecule has 4 nitrogen and oxygen atoms in total. The first kappa shape index (κ1) is 12.0. The summed E-state index contributed by atoms with van der Waals surface area (Å²) >= 11 is 0. The number of carboxylic acid groups (broad SMARTS) is 1. The van der Waals surface area contributed by atoms with Gasteiger partial charge in [-0.1, -0.05) is 30.3 Å². The minimum atomic E-state index is -0.942. The van der Waals surface area contributed by atoms with Gasteiger partial charge in [-0.25, -0.2) is 4.79 Å². The summed E-state index contributed by atoms with van der Waals surface area (Å²) in [7, 11) is 0. The number of carbonyl (C=O) groups is 1. The van der Waals surface area contributed by atoms with Crippen molar-refractivity contribution in [1.82, 2.24) is 0 Å². The van der Waals surface area contributed by atoms with E-state index in [1.54, 1.807) is 12.1 Å². The molecule has 0 heterocycles. The highest BCUT2D eigenvalue weighted by atomic mass is 16.4. The number of azo groups is 1. The Labute approximate surface area is 105 Å². The van der Waals surface area contributed by atoms with Gasteiger partial charge in [0.05, 0.1) is 17.8 Å². The predicted octanol–water partition coefficient (Wildman–Crippen LogP) is 3.67. The van der Waals surface area contributed by atoms with Crippen LogP contribution in [0.5, 0.6) is 0 Å². The second kappa shape index (κ2) is 5.72. The largest absolute Gasteiger partial charge is 0.478 e. The van der Waals surface area contributed by atoms with Crippen molar-refractivity contribution >= 4 is 11.7 Å². The van der Waals surface area contributed by atoms with Crippen LogP contribution in [0, 0.1) is 0 Å². The van der Waals surface area contributed by atoms with E-state index >= 15 is 0 Å². The number of benzene rings is 2.